The molecule has 2 aliphatic heterocycles. The van der Waals surface area contributed by atoms with Gasteiger partial charge in [0.2, 0.25) is 5.91 Å². The molecule has 10 nitrogen and oxygen atoms in total. The summed E-state index contributed by atoms with van der Waals surface area (Å²) < 4.78 is 47.0. The van der Waals surface area contributed by atoms with Crippen LogP contribution in [0.5, 0.6) is 0 Å². The summed E-state index contributed by atoms with van der Waals surface area (Å²) in [5, 5.41) is 10.5. The Morgan fingerprint density at radius 1 is 1.07 bits per heavy atom. The molecular formula is C32H37ClFN9OS. The standard InChI is InChI=1S/C32H37ClFN9OS/c1-3-26-31(38(2)32-37-30(27(20-35)45-32)23-4-6-24(34)7-5-23)43-21-25(8-9-28(43)36-26)41-16-14-40(15-17-41)22-29(44)42-18-12-39(11-10-33)13-19-42/h4-9,21H,3,10-19,22H2,1-2H3/i10D2,11D2. The summed E-state index contributed by atoms with van der Waals surface area (Å²) in [4.78, 5) is 32.6. The second-order valence-electron chi connectivity index (χ2n) is 11.0. The number of halogens is 2. The van der Waals surface area contributed by atoms with Crippen molar-refractivity contribution in [1.82, 2.24) is 29.1 Å². The Labute approximate surface area is 277 Å². The first-order valence-corrected chi connectivity index (χ1v) is 16.1. The molecule has 0 radical (unpaired) electrons. The predicted molar refractivity (Wildman–Crippen MR) is 177 cm³/mol. The summed E-state index contributed by atoms with van der Waals surface area (Å²) in [6.45, 7) is 3.87. The number of aryl methyl sites for hydroxylation is 1. The topological polar surface area (TPSA) is 87.2 Å². The molecule has 0 N–H and O–H groups in total. The number of hydrogen-bond acceptors (Lipinski definition) is 9. The average molecular weight is 654 g/mol. The highest BCUT2D eigenvalue weighted by Gasteiger charge is 2.26. The van der Waals surface area contributed by atoms with Gasteiger partial charge < -0.3 is 14.7 Å². The summed E-state index contributed by atoms with van der Waals surface area (Å²) in [6.07, 6.45) is 2.75. The second kappa shape index (κ2) is 13.7. The number of fused-ring (bicyclic) bond motifs is 1. The number of anilines is 3. The Hall–Kier alpha value is -3.76. The van der Waals surface area contributed by atoms with E-state index < -0.39 is 12.3 Å². The largest absolute Gasteiger partial charge is 0.368 e. The minimum absolute atomic E-state index is 0.0218. The van der Waals surface area contributed by atoms with Crippen LogP contribution >= 0.6 is 22.9 Å². The van der Waals surface area contributed by atoms with Crippen molar-refractivity contribution in [2.45, 2.75) is 13.3 Å². The van der Waals surface area contributed by atoms with Crippen molar-refractivity contribution in [1.29, 1.82) is 5.26 Å². The van der Waals surface area contributed by atoms with E-state index in [1.54, 1.807) is 17.0 Å². The minimum Gasteiger partial charge on any atom is -0.368 e. The molecule has 2 aliphatic rings. The molecule has 6 rings (SSSR count). The maximum Gasteiger partial charge on any atom is 0.236 e. The van der Waals surface area contributed by atoms with Crippen molar-refractivity contribution < 1.29 is 14.7 Å². The normalized spacial score (nSPS) is 18.3. The second-order valence-corrected chi connectivity index (χ2v) is 12.2. The molecule has 4 aromatic rings. The van der Waals surface area contributed by atoms with Crippen LogP contribution in [0, 0.1) is 17.1 Å². The van der Waals surface area contributed by atoms with Crippen molar-refractivity contribution in [2.75, 3.05) is 88.1 Å². The number of hydrogen-bond donors (Lipinski definition) is 0. The maximum atomic E-state index is 13.6. The zero-order valence-corrected chi connectivity index (χ0v) is 26.8. The number of nitriles is 1. The Morgan fingerprint density at radius 3 is 2.44 bits per heavy atom. The van der Waals surface area contributed by atoms with Crippen molar-refractivity contribution in [2.24, 2.45) is 0 Å². The number of carbonyl (C=O) groups excluding carboxylic acids is 1. The van der Waals surface area contributed by atoms with Gasteiger partial charge in [-0.05, 0) is 42.8 Å². The molecule has 2 fully saturated rings. The molecule has 0 spiro atoms. The molecule has 0 bridgehead atoms. The van der Waals surface area contributed by atoms with Gasteiger partial charge in [0.1, 0.15) is 33.9 Å². The first-order valence-electron chi connectivity index (χ1n) is 16.9. The Bertz CT molecular complexity index is 1860. The van der Waals surface area contributed by atoms with Gasteiger partial charge in [-0.3, -0.25) is 19.0 Å². The van der Waals surface area contributed by atoms with Gasteiger partial charge in [0.15, 0.2) is 5.13 Å². The Kier molecular flexibility index (Phi) is 8.06. The average Bonchev–Trinajstić information content (AvgIpc) is 3.70. The molecule has 5 heterocycles. The maximum absolute atomic E-state index is 13.6. The summed E-state index contributed by atoms with van der Waals surface area (Å²) in [5.74, 6) is -2.06. The summed E-state index contributed by atoms with van der Waals surface area (Å²) in [6, 6.07) is 12.2. The smallest absolute Gasteiger partial charge is 0.236 e. The van der Waals surface area contributed by atoms with Crippen LogP contribution in [0.1, 0.15) is 23.0 Å². The quantitative estimate of drug-likeness (QED) is 0.247. The molecule has 0 aliphatic carbocycles. The molecule has 0 atom stereocenters. The van der Waals surface area contributed by atoms with Crippen LogP contribution in [0.4, 0.5) is 21.0 Å². The molecule has 45 heavy (non-hydrogen) atoms. The van der Waals surface area contributed by atoms with Crippen LogP contribution in [0.2, 0.25) is 0 Å². The molecule has 0 saturated carbocycles. The molecule has 13 heteroatoms. The number of amides is 1. The lowest BCUT2D eigenvalue weighted by Gasteiger charge is -2.38. The number of carbonyl (C=O) groups is 1. The highest BCUT2D eigenvalue weighted by atomic mass is 35.5. The number of imidazole rings is 1. The van der Waals surface area contributed by atoms with E-state index in [-0.39, 0.29) is 31.4 Å². The van der Waals surface area contributed by atoms with Gasteiger partial charge in [0.05, 0.1) is 17.9 Å². The molecule has 0 unspecified atom stereocenters. The van der Waals surface area contributed by atoms with Crippen LogP contribution in [0.15, 0.2) is 42.6 Å². The van der Waals surface area contributed by atoms with Crippen LogP contribution in [0.3, 0.4) is 0 Å². The van der Waals surface area contributed by atoms with E-state index in [0.29, 0.717) is 53.9 Å². The number of thiazole rings is 1. The number of alkyl halides is 1. The van der Waals surface area contributed by atoms with Gasteiger partial charge in [-0.2, -0.15) is 5.26 Å². The van der Waals surface area contributed by atoms with Crippen molar-refractivity contribution in [3.63, 3.8) is 0 Å². The van der Waals surface area contributed by atoms with Gasteiger partial charge in [-0.25, -0.2) is 14.4 Å². The molecule has 1 amide bonds. The zero-order valence-electron chi connectivity index (χ0n) is 29.2. The third-order valence-electron chi connectivity index (χ3n) is 8.35. The fraction of sp³-hybridized carbons (Fsp3) is 0.438. The van der Waals surface area contributed by atoms with Crippen molar-refractivity contribution >= 4 is 51.1 Å². The Morgan fingerprint density at radius 2 is 1.78 bits per heavy atom. The fourth-order valence-electron chi connectivity index (χ4n) is 5.85. The van der Waals surface area contributed by atoms with E-state index >= 15 is 0 Å². The Balaban J connectivity index is 1.12. The van der Waals surface area contributed by atoms with Gasteiger partial charge in [0.25, 0.3) is 0 Å². The third kappa shape index (κ3) is 6.63. The first-order chi connectivity index (χ1) is 23.3. The zero-order chi connectivity index (χ0) is 35.1. The van der Waals surface area contributed by atoms with Crippen LogP contribution < -0.4 is 9.80 Å². The van der Waals surface area contributed by atoms with E-state index in [4.69, 9.17) is 27.1 Å². The lowest BCUT2D eigenvalue weighted by Crippen LogP contribution is -2.54. The predicted octanol–water partition coefficient (Wildman–Crippen LogP) is 4.30. The molecular weight excluding hydrogens is 613 g/mol. The van der Waals surface area contributed by atoms with Crippen molar-refractivity contribution in [3.8, 4) is 17.3 Å². The van der Waals surface area contributed by atoms with Gasteiger partial charge in [0, 0.05) is 89.0 Å². The minimum atomic E-state index is -2.53. The SMILES string of the molecule is [2H]C([2H])(Cl)C([2H])([2H])N1CCN(C(=O)CN2CCN(c3ccc4nc(CC)c(N(C)c5nc(-c6ccc(F)cc6)c(C#N)s5)n4c3)CC2)CC1. The number of aromatic nitrogens is 3. The molecule has 3 aromatic heterocycles. The number of pyridine rings is 1. The number of rotatable bonds is 9. The van der Waals surface area contributed by atoms with Crippen LogP contribution in [0.25, 0.3) is 16.9 Å². The van der Waals surface area contributed by atoms with E-state index in [0.717, 1.165) is 35.9 Å². The summed E-state index contributed by atoms with van der Waals surface area (Å²) >= 11 is 6.93. The summed E-state index contributed by atoms with van der Waals surface area (Å²) in [7, 11) is 1.91. The van der Waals surface area contributed by atoms with Crippen LogP contribution in [-0.4, -0.2) is 113 Å². The monoisotopic (exact) mass is 653 g/mol. The van der Waals surface area contributed by atoms with E-state index in [9.17, 15) is 14.4 Å². The van der Waals surface area contributed by atoms with Gasteiger partial charge >= 0.3 is 0 Å². The molecule has 2 saturated heterocycles. The highest BCUT2D eigenvalue weighted by Crippen LogP contribution is 2.37. The number of piperazine rings is 2. The third-order valence-corrected chi connectivity index (χ3v) is 9.47. The summed E-state index contributed by atoms with van der Waals surface area (Å²) in [5.41, 5.74) is 3.88. The van der Waals surface area contributed by atoms with E-state index in [1.165, 1.54) is 28.4 Å². The van der Waals surface area contributed by atoms with E-state index in [2.05, 4.69) is 28.1 Å². The molecule has 236 valence electrons. The lowest BCUT2D eigenvalue weighted by atomic mass is 10.1. The first kappa shape index (κ1) is 26.5. The molecule has 1 aromatic carbocycles. The van der Waals surface area contributed by atoms with E-state index in [1.807, 2.05) is 29.3 Å². The van der Waals surface area contributed by atoms with Crippen LogP contribution in [-0.2, 0) is 11.2 Å². The number of nitrogens with zero attached hydrogens (tertiary/aromatic N) is 9. The number of benzene rings is 1. The fourth-order valence-corrected chi connectivity index (χ4v) is 6.82. The van der Waals surface area contributed by atoms with Gasteiger partial charge in [-0.15, -0.1) is 11.6 Å². The van der Waals surface area contributed by atoms with Gasteiger partial charge in [-0.1, -0.05) is 18.3 Å². The lowest BCUT2D eigenvalue weighted by molar-refractivity contribution is -0.134. The van der Waals surface area contributed by atoms with Crippen molar-refractivity contribution in [3.05, 3.63) is 59.0 Å². The highest BCUT2D eigenvalue weighted by molar-refractivity contribution is 7.16.